The summed E-state index contributed by atoms with van der Waals surface area (Å²) in [5.41, 5.74) is 21.5. The number of fused-ring (bicyclic) bond motifs is 9. The van der Waals surface area contributed by atoms with Crippen LogP contribution in [0.5, 0.6) is 0 Å². The van der Waals surface area contributed by atoms with E-state index in [1.165, 1.54) is 111 Å². The number of nitrogens with zero attached hydrogens (tertiary/aromatic N) is 1. The van der Waals surface area contributed by atoms with Crippen molar-refractivity contribution in [2.24, 2.45) is 29.1 Å². The van der Waals surface area contributed by atoms with Crippen molar-refractivity contribution in [2.45, 2.75) is 82.5 Å². The Hall–Kier alpha value is -5.66. The maximum Gasteiger partial charge on any atom is 0.0467 e. The Morgan fingerprint density at radius 2 is 0.984 bits per heavy atom. The van der Waals surface area contributed by atoms with Gasteiger partial charge in [-0.2, -0.15) is 0 Å². The molecule has 0 aliphatic heterocycles. The Kier molecular flexibility index (Phi) is 7.37. The molecule has 0 N–H and O–H groups in total. The van der Waals surface area contributed by atoms with Crippen molar-refractivity contribution in [3.63, 3.8) is 0 Å². The third-order valence-corrected chi connectivity index (χ3v) is 17.6. The molecular formula is C60H55N. The van der Waals surface area contributed by atoms with Gasteiger partial charge >= 0.3 is 0 Å². The SMILES string of the molecule is CC1(C)CCC(C)(C)c2cc(-c3cccc(N(c4ccc(-c5ccc(-c6ccccc6)cc5)cc4)c4ccc5c(c4)C4(c6ccccc6-5)C5CC6CC7CC4C75C6)c3)ccc21. The molecule has 7 aromatic carbocycles. The van der Waals surface area contributed by atoms with Crippen molar-refractivity contribution >= 4 is 17.1 Å². The predicted octanol–water partition coefficient (Wildman–Crippen LogP) is 15.8. The lowest BCUT2D eigenvalue weighted by atomic mass is 9.27. The van der Waals surface area contributed by atoms with Crippen molar-refractivity contribution in [1.29, 1.82) is 0 Å². The van der Waals surface area contributed by atoms with E-state index in [1.54, 1.807) is 11.1 Å². The summed E-state index contributed by atoms with van der Waals surface area (Å²) in [7, 11) is 0. The van der Waals surface area contributed by atoms with Crippen LogP contribution in [0.15, 0.2) is 164 Å². The van der Waals surface area contributed by atoms with E-state index in [-0.39, 0.29) is 16.2 Å². The van der Waals surface area contributed by atoms with Gasteiger partial charge in [0.2, 0.25) is 0 Å². The summed E-state index contributed by atoms with van der Waals surface area (Å²) >= 11 is 0. The molecule has 4 fully saturated rings. The summed E-state index contributed by atoms with van der Waals surface area (Å²) in [5.74, 6) is 3.47. The van der Waals surface area contributed by atoms with Crippen LogP contribution in [-0.4, -0.2) is 0 Å². The highest BCUT2D eigenvalue weighted by Gasteiger charge is 2.84. The fraction of sp³-hybridized carbons (Fsp3) is 0.300. The minimum Gasteiger partial charge on any atom is -0.310 e. The molecule has 1 nitrogen and oxygen atoms in total. The zero-order valence-electron chi connectivity index (χ0n) is 36.1. The van der Waals surface area contributed by atoms with E-state index in [2.05, 4.69) is 196 Å². The van der Waals surface area contributed by atoms with E-state index < -0.39 is 0 Å². The van der Waals surface area contributed by atoms with Crippen LogP contribution < -0.4 is 4.90 Å². The molecule has 300 valence electrons. The summed E-state index contributed by atoms with van der Waals surface area (Å²) in [5, 5.41) is 0. The Bertz CT molecular complexity index is 2900. The van der Waals surface area contributed by atoms with E-state index in [0.717, 1.165) is 23.7 Å². The van der Waals surface area contributed by atoms with E-state index in [9.17, 15) is 0 Å². The van der Waals surface area contributed by atoms with Crippen molar-refractivity contribution in [2.75, 3.05) is 4.90 Å². The molecule has 2 spiro atoms. The molecule has 0 saturated heterocycles. The zero-order valence-corrected chi connectivity index (χ0v) is 36.1. The van der Waals surface area contributed by atoms with Gasteiger partial charge in [-0.05, 0) is 182 Å². The summed E-state index contributed by atoms with van der Waals surface area (Å²) in [6, 6.07) is 62.8. The van der Waals surface area contributed by atoms with Crippen LogP contribution >= 0.6 is 0 Å². The van der Waals surface area contributed by atoms with Gasteiger partial charge in [-0.1, -0.05) is 155 Å². The van der Waals surface area contributed by atoms with Gasteiger partial charge in [0.05, 0.1) is 0 Å². The van der Waals surface area contributed by atoms with Gasteiger partial charge in [0.25, 0.3) is 0 Å². The minimum absolute atomic E-state index is 0.153. The van der Waals surface area contributed by atoms with Gasteiger partial charge in [0, 0.05) is 22.5 Å². The van der Waals surface area contributed by atoms with Crippen LogP contribution in [0, 0.1) is 29.1 Å². The highest BCUT2D eigenvalue weighted by Crippen LogP contribution is 2.89. The van der Waals surface area contributed by atoms with Gasteiger partial charge in [-0.15, -0.1) is 0 Å². The van der Waals surface area contributed by atoms with Gasteiger partial charge in [-0.3, -0.25) is 0 Å². The topological polar surface area (TPSA) is 3.24 Å². The molecule has 2 bridgehead atoms. The molecule has 61 heavy (non-hydrogen) atoms. The van der Waals surface area contributed by atoms with Crippen molar-refractivity contribution in [1.82, 2.24) is 0 Å². The van der Waals surface area contributed by atoms with Crippen molar-refractivity contribution in [3.8, 4) is 44.5 Å². The van der Waals surface area contributed by atoms with Crippen molar-refractivity contribution < 1.29 is 0 Å². The standard InChI is InChI=1S/C60H55N/c1-57(2)29-30-58(3,4)54-34-44(23-28-52(54)57)43-13-10-14-47(33-43)61(46-24-21-42(22-25-46)41-19-17-40(18-20-41)39-11-6-5-7-12-39)48-26-27-50-49-15-8-9-16-51(49)60(53(50)36-48)55-32-38-31-45-35-56(60)59(45,55)37-38/h5-28,33-34,36,38,45,55-56H,29-32,35,37H2,1-4H3. The highest BCUT2D eigenvalue weighted by molar-refractivity contribution is 5.88. The second-order valence-electron chi connectivity index (χ2n) is 21.2. The lowest BCUT2D eigenvalue weighted by Crippen LogP contribution is -2.73. The lowest BCUT2D eigenvalue weighted by Gasteiger charge is -2.76. The van der Waals surface area contributed by atoms with Gasteiger partial charge < -0.3 is 4.90 Å². The van der Waals surface area contributed by atoms with Gasteiger partial charge in [0.15, 0.2) is 0 Å². The number of hydrogen-bond acceptors (Lipinski definition) is 1. The first-order chi connectivity index (χ1) is 29.6. The summed E-state index contributed by atoms with van der Waals surface area (Å²) in [6.07, 6.45) is 8.26. The molecule has 6 unspecified atom stereocenters. The Balaban J connectivity index is 0.936. The van der Waals surface area contributed by atoms with Crippen LogP contribution in [-0.2, 0) is 16.2 Å². The van der Waals surface area contributed by atoms with E-state index in [4.69, 9.17) is 0 Å². The molecule has 6 atom stereocenters. The Morgan fingerprint density at radius 1 is 0.410 bits per heavy atom. The second-order valence-corrected chi connectivity index (χ2v) is 21.2. The largest absolute Gasteiger partial charge is 0.310 e. The summed E-state index contributed by atoms with van der Waals surface area (Å²) in [6.45, 7) is 9.72. The van der Waals surface area contributed by atoms with Crippen LogP contribution in [0.3, 0.4) is 0 Å². The van der Waals surface area contributed by atoms with Crippen LogP contribution in [0.25, 0.3) is 44.5 Å². The van der Waals surface area contributed by atoms with E-state index >= 15 is 0 Å². The number of anilines is 3. The van der Waals surface area contributed by atoms with E-state index in [0.29, 0.717) is 5.41 Å². The zero-order chi connectivity index (χ0) is 40.9. The average molecular weight is 790 g/mol. The molecular weight excluding hydrogens is 735 g/mol. The third kappa shape index (κ3) is 4.84. The fourth-order valence-electron chi connectivity index (χ4n) is 14.8. The fourth-order valence-corrected chi connectivity index (χ4v) is 14.8. The maximum atomic E-state index is 2.65. The molecule has 1 heteroatoms. The van der Waals surface area contributed by atoms with Crippen LogP contribution in [0.2, 0.25) is 0 Å². The molecule has 0 radical (unpaired) electrons. The first kappa shape index (κ1) is 36.0. The molecule has 0 amide bonds. The normalized spacial score (nSPS) is 27.3. The van der Waals surface area contributed by atoms with Gasteiger partial charge in [0.1, 0.15) is 0 Å². The Morgan fingerprint density at radius 3 is 1.74 bits per heavy atom. The first-order valence-electron chi connectivity index (χ1n) is 23.2. The predicted molar refractivity (Wildman–Crippen MR) is 254 cm³/mol. The molecule has 4 saturated carbocycles. The molecule has 6 aliphatic carbocycles. The quantitative estimate of drug-likeness (QED) is 0.162. The minimum atomic E-state index is 0.153. The van der Waals surface area contributed by atoms with Gasteiger partial charge in [-0.25, -0.2) is 0 Å². The number of rotatable bonds is 6. The summed E-state index contributed by atoms with van der Waals surface area (Å²) < 4.78 is 0. The van der Waals surface area contributed by atoms with Crippen LogP contribution in [0.1, 0.15) is 88.5 Å². The van der Waals surface area contributed by atoms with Crippen LogP contribution in [0.4, 0.5) is 17.1 Å². The van der Waals surface area contributed by atoms with Crippen molar-refractivity contribution in [3.05, 3.63) is 186 Å². The monoisotopic (exact) mass is 789 g/mol. The summed E-state index contributed by atoms with van der Waals surface area (Å²) in [4.78, 5) is 2.55. The number of benzene rings is 7. The smallest absolute Gasteiger partial charge is 0.0467 e. The highest BCUT2D eigenvalue weighted by atomic mass is 15.1. The second kappa shape index (κ2) is 12.5. The Labute approximate surface area is 362 Å². The third-order valence-electron chi connectivity index (χ3n) is 17.6. The lowest BCUT2D eigenvalue weighted by molar-refractivity contribution is -0.231. The molecule has 0 heterocycles. The molecule has 7 aromatic rings. The molecule has 0 aromatic heterocycles. The average Bonchev–Trinajstić information content (AvgIpc) is 3.93. The molecule has 6 aliphatic rings. The van der Waals surface area contributed by atoms with E-state index in [1.807, 2.05) is 0 Å². The molecule has 13 rings (SSSR count). The first-order valence-corrected chi connectivity index (χ1v) is 23.2. The number of hydrogen-bond donors (Lipinski definition) is 0. The maximum absolute atomic E-state index is 2.65.